The van der Waals surface area contributed by atoms with Crippen molar-refractivity contribution in [3.05, 3.63) is 79.7 Å². The number of hydrogen-bond acceptors (Lipinski definition) is 6. The molecule has 0 radical (unpaired) electrons. The van der Waals surface area contributed by atoms with Crippen molar-refractivity contribution in [2.75, 3.05) is 0 Å². The lowest BCUT2D eigenvalue weighted by molar-refractivity contribution is -0.385. The minimum atomic E-state index is -0.470. The smallest absolute Gasteiger partial charge is 0.310 e. The highest BCUT2D eigenvalue weighted by atomic mass is 35.5. The Labute approximate surface area is 152 Å². The van der Waals surface area contributed by atoms with E-state index in [2.05, 4.69) is 4.98 Å². The zero-order valence-electron chi connectivity index (χ0n) is 12.9. The number of nitro benzene ring substituents is 1. The van der Waals surface area contributed by atoms with Gasteiger partial charge in [0.05, 0.1) is 10.6 Å². The Hall–Kier alpha value is -2.64. The third kappa shape index (κ3) is 4.68. The average molecular weight is 377 g/mol. The molecule has 3 rings (SSSR count). The van der Waals surface area contributed by atoms with Gasteiger partial charge in [0.25, 0.3) is 0 Å². The van der Waals surface area contributed by atoms with Crippen LogP contribution >= 0.6 is 22.9 Å². The summed E-state index contributed by atoms with van der Waals surface area (Å²) in [4.78, 5) is 14.9. The second-order valence-corrected chi connectivity index (χ2v) is 6.37. The van der Waals surface area contributed by atoms with Crippen LogP contribution in [0.4, 0.5) is 5.69 Å². The first-order chi connectivity index (χ1) is 12.1. The summed E-state index contributed by atoms with van der Waals surface area (Å²) in [6, 6.07) is 13.3. The van der Waals surface area contributed by atoms with E-state index in [1.54, 1.807) is 42.5 Å². The Morgan fingerprint density at radius 1 is 1.08 bits per heavy atom. The molecular formula is C17H13ClN2O4S. The van der Waals surface area contributed by atoms with E-state index in [1.165, 1.54) is 17.4 Å². The van der Waals surface area contributed by atoms with Gasteiger partial charge in [-0.15, -0.1) is 11.3 Å². The molecule has 0 saturated carbocycles. The van der Waals surface area contributed by atoms with Gasteiger partial charge in [0.15, 0.2) is 5.75 Å². The molecule has 0 atom stereocenters. The van der Waals surface area contributed by atoms with E-state index in [0.717, 1.165) is 5.01 Å². The second kappa shape index (κ2) is 7.96. The number of benzene rings is 2. The van der Waals surface area contributed by atoms with E-state index in [0.29, 0.717) is 23.1 Å². The molecule has 0 bridgehead atoms. The van der Waals surface area contributed by atoms with Crippen LogP contribution in [0.2, 0.25) is 5.02 Å². The number of para-hydroxylation sites is 2. The highest BCUT2D eigenvalue weighted by molar-refractivity contribution is 7.09. The van der Waals surface area contributed by atoms with Gasteiger partial charge >= 0.3 is 5.69 Å². The van der Waals surface area contributed by atoms with Crippen LogP contribution in [0, 0.1) is 10.1 Å². The fourth-order valence-electron chi connectivity index (χ4n) is 2.04. The third-order valence-electron chi connectivity index (χ3n) is 3.21. The lowest BCUT2D eigenvalue weighted by Gasteiger charge is -2.05. The lowest BCUT2D eigenvalue weighted by atomic mass is 10.3. The zero-order valence-corrected chi connectivity index (χ0v) is 14.5. The van der Waals surface area contributed by atoms with Crippen LogP contribution in [-0.4, -0.2) is 9.91 Å². The summed E-state index contributed by atoms with van der Waals surface area (Å²) in [5.74, 6) is 0.928. The maximum absolute atomic E-state index is 11.0. The number of nitro groups is 1. The number of nitrogens with zero attached hydrogens (tertiary/aromatic N) is 2. The van der Waals surface area contributed by atoms with E-state index < -0.39 is 4.92 Å². The molecule has 1 heterocycles. The zero-order chi connectivity index (χ0) is 17.6. The van der Waals surface area contributed by atoms with E-state index in [9.17, 15) is 10.1 Å². The van der Waals surface area contributed by atoms with E-state index in [4.69, 9.17) is 21.1 Å². The van der Waals surface area contributed by atoms with Crippen LogP contribution in [0.5, 0.6) is 11.5 Å². The van der Waals surface area contributed by atoms with Crippen LogP contribution in [0.3, 0.4) is 0 Å². The Morgan fingerprint density at radius 2 is 1.84 bits per heavy atom. The first kappa shape index (κ1) is 17.2. The standard InChI is InChI=1S/C17H13ClN2O4S/c18-12-5-7-14(8-6-12)23-10-17-19-13(11-25-17)9-24-16-4-2-1-3-15(16)20(21)22/h1-8,11H,9-10H2. The van der Waals surface area contributed by atoms with E-state index in [1.807, 2.05) is 5.38 Å². The fourth-order valence-corrected chi connectivity index (χ4v) is 2.85. The molecule has 0 spiro atoms. The van der Waals surface area contributed by atoms with Gasteiger partial charge < -0.3 is 9.47 Å². The summed E-state index contributed by atoms with van der Waals surface area (Å²) in [6.07, 6.45) is 0. The number of halogens is 1. The number of aromatic nitrogens is 1. The summed E-state index contributed by atoms with van der Waals surface area (Å²) in [5.41, 5.74) is 0.627. The molecule has 0 fully saturated rings. The normalized spacial score (nSPS) is 10.4. The Bertz CT molecular complexity index is 867. The maximum Gasteiger partial charge on any atom is 0.310 e. The van der Waals surface area contributed by atoms with Gasteiger partial charge in [0, 0.05) is 16.5 Å². The van der Waals surface area contributed by atoms with Crippen LogP contribution < -0.4 is 9.47 Å². The fraction of sp³-hybridized carbons (Fsp3) is 0.118. The molecule has 0 aliphatic heterocycles. The first-order valence-electron chi connectivity index (χ1n) is 7.29. The van der Waals surface area contributed by atoms with Crippen LogP contribution in [0.1, 0.15) is 10.7 Å². The van der Waals surface area contributed by atoms with Gasteiger partial charge in [-0.1, -0.05) is 23.7 Å². The molecule has 8 heteroatoms. The highest BCUT2D eigenvalue weighted by Crippen LogP contribution is 2.27. The average Bonchev–Trinajstić information content (AvgIpc) is 3.07. The van der Waals surface area contributed by atoms with E-state index >= 15 is 0 Å². The first-order valence-corrected chi connectivity index (χ1v) is 8.55. The predicted molar refractivity (Wildman–Crippen MR) is 95.3 cm³/mol. The number of rotatable bonds is 7. The molecule has 0 amide bonds. The Balaban J connectivity index is 1.57. The highest BCUT2D eigenvalue weighted by Gasteiger charge is 2.14. The van der Waals surface area contributed by atoms with Crippen LogP contribution in [-0.2, 0) is 13.2 Å². The van der Waals surface area contributed by atoms with E-state index in [-0.39, 0.29) is 18.0 Å². The second-order valence-electron chi connectivity index (χ2n) is 4.99. The van der Waals surface area contributed by atoms with Gasteiger partial charge in [-0.25, -0.2) is 4.98 Å². The lowest BCUT2D eigenvalue weighted by Crippen LogP contribution is -2.00. The molecule has 25 heavy (non-hydrogen) atoms. The number of ether oxygens (including phenoxy) is 2. The van der Waals surface area contributed by atoms with Crippen LogP contribution in [0.15, 0.2) is 53.9 Å². The van der Waals surface area contributed by atoms with Crippen molar-refractivity contribution in [2.45, 2.75) is 13.2 Å². The van der Waals surface area contributed by atoms with Gasteiger partial charge in [0.2, 0.25) is 0 Å². The third-order valence-corrected chi connectivity index (χ3v) is 4.34. The molecule has 128 valence electrons. The molecule has 0 saturated heterocycles. The Kier molecular flexibility index (Phi) is 5.47. The van der Waals surface area contributed by atoms with Crippen molar-refractivity contribution >= 4 is 28.6 Å². The number of thiazole rings is 1. The minimum Gasteiger partial charge on any atom is -0.486 e. The summed E-state index contributed by atoms with van der Waals surface area (Å²) in [5, 5.41) is 14.2. The minimum absolute atomic E-state index is 0.0657. The predicted octanol–water partition coefficient (Wildman–Crippen LogP) is 4.86. The van der Waals surface area contributed by atoms with Gasteiger partial charge in [-0.3, -0.25) is 10.1 Å². The quantitative estimate of drug-likeness (QED) is 0.434. The molecule has 0 N–H and O–H groups in total. The largest absolute Gasteiger partial charge is 0.486 e. The molecule has 6 nitrogen and oxygen atoms in total. The summed E-state index contributed by atoms with van der Waals surface area (Å²) < 4.78 is 11.2. The van der Waals surface area contributed by atoms with Gasteiger partial charge in [0.1, 0.15) is 24.0 Å². The maximum atomic E-state index is 11.0. The topological polar surface area (TPSA) is 74.5 Å². The van der Waals surface area contributed by atoms with Gasteiger partial charge in [-0.05, 0) is 30.3 Å². The SMILES string of the molecule is O=[N+]([O-])c1ccccc1OCc1csc(COc2ccc(Cl)cc2)n1. The Morgan fingerprint density at radius 3 is 2.60 bits per heavy atom. The molecule has 0 unspecified atom stereocenters. The summed E-state index contributed by atoms with van der Waals surface area (Å²) in [7, 11) is 0. The van der Waals surface area contributed by atoms with Crippen LogP contribution in [0.25, 0.3) is 0 Å². The molecule has 3 aromatic rings. The summed E-state index contributed by atoms with van der Waals surface area (Å²) in [6.45, 7) is 0.486. The molecule has 1 aromatic heterocycles. The molecular weight excluding hydrogens is 364 g/mol. The van der Waals surface area contributed by atoms with Crippen molar-refractivity contribution in [2.24, 2.45) is 0 Å². The summed E-state index contributed by atoms with van der Waals surface area (Å²) >= 11 is 7.27. The van der Waals surface area contributed by atoms with Crippen molar-refractivity contribution in [3.8, 4) is 11.5 Å². The number of hydrogen-bond donors (Lipinski definition) is 0. The monoisotopic (exact) mass is 376 g/mol. The molecule has 0 aliphatic carbocycles. The van der Waals surface area contributed by atoms with Crippen molar-refractivity contribution in [3.63, 3.8) is 0 Å². The van der Waals surface area contributed by atoms with Gasteiger partial charge in [-0.2, -0.15) is 0 Å². The van der Waals surface area contributed by atoms with Crippen molar-refractivity contribution in [1.29, 1.82) is 0 Å². The van der Waals surface area contributed by atoms with Crippen molar-refractivity contribution < 1.29 is 14.4 Å². The van der Waals surface area contributed by atoms with Crippen molar-refractivity contribution in [1.82, 2.24) is 4.98 Å². The molecule has 2 aromatic carbocycles. The molecule has 0 aliphatic rings.